The van der Waals surface area contributed by atoms with Gasteiger partial charge in [0.15, 0.2) is 0 Å². The van der Waals surface area contributed by atoms with Crippen LogP contribution in [0.2, 0.25) is 0 Å². The predicted octanol–water partition coefficient (Wildman–Crippen LogP) is 1.12. The van der Waals surface area contributed by atoms with Gasteiger partial charge in [-0.3, -0.25) is 9.69 Å². The van der Waals surface area contributed by atoms with Crippen LogP contribution in [-0.4, -0.2) is 86.3 Å². The Morgan fingerprint density at radius 3 is 2.31 bits per heavy atom. The molecule has 0 radical (unpaired) electrons. The Labute approximate surface area is 172 Å². The lowest BCUT2D eigenvalue weighted by Gasteiger charge is -2.37. The molecule has 2 aliphatic heterocycles. The summed E-state index contributed by atoms with van der Waals surface area (Å²) >= 11 is 0. The van der Waals surface area contributed by atoms with Crippen molar-refractivity contribution in [2.24, 2.45) is 0 Å². The second-order valence-corrected chi connectivity index (χ2v) is 9.99. The molecule has 0 aromatic heterocycles. The lowest BCUT2D eigenvalue weighted by molar-refractivity contribution is -0.133. The second kappa shape index (κ2) is 9.51. The van der Waals surface area contributed by atoms with Crippen molar-refractivity contribution in [2.75, 3.05) is 45.8 Å². The number of likely N-dealkylation sites (tertiary alicyclic amines) is 1. The molecule has 7 nitrogen and oxygen atoms in total. The summed E-state index contributed by atoms with van der Waals surface area (Å²) in [6.45, 7) is 7.45. The van der Waals surface area contributed by atoms with E-state index in [4.69, 9.17) is 0 Å². The zero-order valence-corrected chi connectivity index (χ0v) is 18.0. The first kappa shape index (κ1) is 22.1. The molecule has 1 aromatic rings. The number of hydrogen-bond donors (Lipinski definition) is 1. The average molecular weight is 427 g/mol. The van der Waals surface area contributed by atoms with E-state index in [9.17, 15) is 17.6 Å². The van der Waals surface area contributed by atoms with E-state index in [0.717, 1.165) is 32.0 Å². The molecule has 0 aliphatic carbocycles. The first-order valence-corrected chi connectivity index (χ1v) is 11.7. The Balaban J connectivity index is 1.48. The number of piperidine rings is 1. The number of carbonyl (C=O) groups excluding carboxylic acids is 1. The zero-order chi connectivity index (χ0) is 21.0. The van der Waals surface area contributed by atoms with Crippen molar-refractivity contribution in [1.82, 2.24) is 19.4 Å². The maximum atomic E-state index is 13.9. The van der Waals surface area contributed by atoms with Gasteiger partial charge in [-0.2, -0.15) is 4.31 Å². The highest BCUT2D eigenvalue weighted by atomic mass is 32.2. The topological polar surface area (TPSA) is 73.0 Å². The quantitative estimate of drug-likeness (QED) is 0.738. The number of nitrogens with zero attached hydrogens (tertiary/aromatic N) is 3. The normalized spacial score (nSPS) is 20.3. The third-order valence-electron chi connectivity index (χ3n) is 5.56. The van der Waals surface area contributed by atoms with E-state index in [0.29, 0.717) is 31.7 Å². The highest BCUT2D eigenvalue weighted by Crippen LogP contribution is 2.20. The molecule has 2 saturated heterocycles. The molecule has 0 unspecified atom stereocenters. The summed E-state index contributed by atoms with van der Waals surface area (Å²) in [5.74, 6) is -0.718. The second-order valence-electron chi connectivity index (χ2n) is 8.09. The Morgan fingerprint density at radius 2 is 1.72 bits per heavy atom. The van der Waals surface area contributed by atoms with Crippen LogP contribution < -0.4 is 5.32 Å². The van der Waals surface area contributed by atoms with Gasteiger partial charge in [-0.25, -0.2) is 12.8 Å². The summed E-state index contributed by atoms with van der Waals surface area (Å²) in [5, 5.41) is 3.54. The number of piperazine rings is 1. The monoisotopic (exact) mass is 426 g/mol. The lowest BCUT2D eigenvalue weighted by Crippen LogP contribution is -2.53. The first-order valence-electron chi connectivity index (χ1n) is 10.3. The molecule has 2 fully saturated rings. The van der Waals surface area contributed by atoms with E-state index in [1.54, 1.807) is 4.90 Å². The van der Waals surface area contributed by atoms with Crippen LogP contribution in [0, 0.1) is 5.82 Å². The van der Waals surface area contributed by atoms with Crippen LogP contribution in [0.5, 0.6) is 0 Å². The summed E-state index contributed by atoms with van der Waals surface area (Å²) in [6.07, 6.45) is 2.06. The van der Waals surface area contributed by atoms with Crippen molar-refractivity contribution in [3.05, 3.63) is 30.1 Å². The van der Waals surface area contributed by atoms with Gasteiger partial charge < -0.3 is 10.2 Å². The predicted molar refractivity (Wildman–Crippen MR) is 109 cm³/mol. The molecule has 2 heterocycles. The van der Waals surface area contributed by atoms with E-state index in [2.05, 4.69) is 24.1 Å². The third kappa shape index (κ3) is 5.53. The third-order valence-corrected chi connectivity index (χ3v) is 7.49. The molecule has 29 heavy (non-hydrogen) atoms. The van der Waals surface area contributed by atoms with Gasteiger partial charge in [-0.15, -0.1) is 0 Å². The number of carbonyl (C=O) groups is 1. The van der Waals surface area contributed by atoms with Gasteiger partial charge in [-0.05, 0) is 25.0 Å². The highest BCUT2D eigenvalue weighted by Gasteiger charge is 2.32. The van der Waals surface area contributed by atoms with Crippen LogP contribution in [0.25, 0.3) is 0 Å². The van der Waals surface area contributed by atoms with E-state index in [1.165, 1.54) is 22.5 Å². The van der Waals surface area contributed by atoms with E-state index in [1.807, 2.05) is 0 Å². The summed E-state index contributed by atoms with van der Waals surface area (Å²) in [7, 11) is -3.88. The molecule has 0 spiro atoms. The van der Waals surface area contributed by atoms with Gasteiger partial charge in [0, 0.05) is 51.4 Å². The SMILES string of the molecule is CC(C)NC1CCN(CC(=O)N2CCN(S(=O)(=O)c3ccccc3F)CC2)CC1. The Morgan fingerprint density at radius 1 is 1.10 bits per heavy atom. The zero-order valence-electron chi connectivity index (χ0n) is 17.2. The van der Waals surface area contributed by atoms with Crippen molar-refractivity contribution in [2.45, 2.75) is 43.7 Å². The molecule has 1 amide bonds. The van der Waals surface area contributed by atoms with Gasteiger partial charge in [-0.1, -0.05) is 26.0 Å². The number of nitrogens with one attached hydrogen (secondary N) is 1. The minimum absolute atomic E-state index is 0.0307. The number of halogens is 1. The molecule has 0 saturated carbocycles. The molecule has 0 atom stereocenters. The number of amides is 1. The van der Waals surface area contributed by atoms with Crippen molar-refractivity contribution in [3.8, 4) is 0 Å². The lowest BCUT2D eigenvalue weighted by atomic mass is 10.0. The standard InChI is InChI=1S/C20H31FN4O3S/c1-16(2)22-17-7-9-23(10-8-17)15-20(26)24-11-13-25(14-12-24)29(27,28)19-6-4-3-5-18(19)21/h3-6,16-17,22H,7-15H2,1-2H3. The molecule has 1 aromatic carbocycles. The van der Waals surface area contributed by atoms with Crippen LogP contribution in [-0.2, 0) is 14.8 Å². The van der Waals surface area contributed by atoms with Crippen LogP contribution in [0.1, 0.15) is 26.7 Å². The number of hydrogen-bond acceptors (Lipinski definition) is 5. The fourth-order valence-corrected chi connectivity index (χ4v) is 5.48. The smallest absolute Gasteiger partial charge is 0.246 e. The van der Waals surface area contributed by atoms with Crippen molar-refractivity contribution in [3.63, 3.8) is 0 Å². The van der Waals surface area contributed by atoms with Crippen LogP contribution >= 0.6 is 0 Å². The van der Waals surface area contributed by atoms with E-state index >= 15 is 0 Å². The first-order chi connectivity index (χ1) is 13.8. The number of benzene rings is 1. The molecule has 2 aliphatic rings. The van der Waals surface area contributed by atoms with E-state index < -0.39 is 15.8 Å². The summed E-state index contributed by atoms with van der Waals surface area (Å²) in [4.78, 5) is 16.2. The number of sulfonamides is 1. The van der Waals surface area contributed by atoms with Crippen molar-refractivity contribution >= 4 is 15.9 Å². The minimum Gasteiger partial charge on any atom is -0.339 e. The maximum absolute atomic E-state index is 13.9. The van der Waals surface area contributed by atoms with Crippen LogP contribution in [0.15, 0.2) is 29.2 Å². The molecule has 162 valence electrons. The molecule has 1 N–H and O–H groups in total. The van der Waals surface area contributed by atoms with Crippen LogP contribution in [0.4, 0.5) is 4.39 Å². The van der Waals surface area contributed by atoms with E-state index in [-0.39, 0.29) is 23.9 Å². The van der Waals surface area contributed by atoms with Gasteiger partial charge in [0.2, 0.25) is 15.9 Å². The molecular weight excluding hydrogens is 395 g/mol. The Kier molecular flexibility index (Phi) is 7.26. The fraction of sp³-hybridized carbons (Fsp3) is 0.650. The summed E-state index contributed by atoms with van der Waals surface area (Å²) < 4.78 is 40.5. The molecule has 3 rings (SSSR count). The number of rotatable bonds is 6. The molecular formula is C20H31FN4O3S. The van der Waals surface area contributed by atoms with Crippen LogP contribution in [0.3, 0.4) is 0 Å². The van der Waals surface area contributed by atoms with Crippen molar-refractivity contribution < 1.29 is 17.6 Å². The maximum Gasteiger partial charge on any atom is 0.246 e. The molecule has 0 bridgehead atoms. The minimum atomic E-state index is -3.88. The van der Waals surface area contributed by atoms with Gasteiger partial charge in [0.05, 0.1) is 6.54 Å². The summed E-state index contributed by atoms with van der Waals surface area (Å²) in [5.41, 5.74) is 0. The summed E-state index contributed by atoms with van der Waals surface area (Å²) in [6, 6.07) is 6.37. The Hall–Kier alpha value is -1.55. The fourth-order valence-electron chi connectivity index (χ4n) is 3.99. The Bertz CT molecular complexity index is 802. The van der Waals surface area contributed by atoms with Gasteiger partial charge in [0.1, 0.15) is 10.7 Å². The van der Waals surface area contributed by atoms with Gasteiger partial charge >= 0.3 is 0 Å². The highest BCUT2D eigenvalue weighted by molar-refractivity contribution is 7.89. The average Bonchev–Trinajstić information content (AvgIpc) is 2.69. The van der Waals surface area contributed by atoms with Crippen molar-refractivity contribution in [1.29, 1.82) is 0 Å². The van der Waals surface area contributed by atoms with Gasteiger partial charge in [0.25, 0.3) is 0 Å². The molecule has 9 heteroatoms. The largest absolute Gasteiger partial charge is 0.339 e.